The number of aliphatic hydroxyl groups excluding tert-OH is 1. The van der Waals surface area contributed by atoms with Crippen LogP contribution >= 0.6 is 0 Å². The Morgan fingerprint density at radius 3 is 2.15 bits per heavy atom. The van der Waals surface area contributed by atoms with Crippen molar-refractivity contribution in [1.29, 1.82) is 0 Å². The van der Waals surface area contributed by atoms with Crippen molar-refractivity contribution in [3.63, 3.8) is 0 Å². The average molecular weight is 997 g/mol. The first-order chi connectivity index (χ1) is 34.5. The molecule has 1 saturated heterocycles. The van der Waals surface area contributed by atoms with Crippen LogP contribution in [0.3, 0.4) is 0 Å². The molecular weight excluding hydrogens is 937 g/mol. The zero-order valence-corrected chi connectivity index (χ0v) is 40.0. The molecule has 0 spiro atoms. The van der Waals surface area contributed by atoms with Crippen molar-refractivity contribution in [2.75, 3.05) is 59.5 Å². The lowest BCUT2D eigenvalue weighted by molar-refractivity contribution is -0.143. The summed E-state index contributed by atoms with van der Waals surface area (Å²) in [6.07, 6.45) is -0.823. The maximum absolute atomic E-state index is 14.7. The highest BCUT2D eigenvalue weighted by molar-refractivity contribution is 5.94. The second-order valence-electron chi connectivity index (χ2n) is 17.2. The third-order valence-corrected chi connectivity index (χ3v) is 11.7. The van der Waals surface area contributed by atoms with E-state index in [4.69, 9.17) is 29.6 Å². The van der Waals surface area contributed by atoms with Crippen molar-refractivity contribution in [2.24, 2.45) is 5.73 Å². The topological polar surface area (TPSA) is 314 Å². The number of morpholine rings is 1. The van der Waals surface area contributed by atoms with Crippen LogP contribution in [0.2, 0.25) is 0 Å². The molecule has 0 saturated carbocycles. The smallest absolute Gasteiger partial charge is 0.416 e. The van der Waals surface area contributed by atoms with E-state index in [1.807, 2.05) is 60.7 Å². The number of fused-ring (bicyclic) bond motifs is 1. The van der Waals surface area contributed by atoms with Gasteiger partial charge >= 0.3 is 18.0 Å². The molecule has 8 N–H and O–H groups in total. The third-order valence-electron chi connectivity index (χ3n) is 11.7. The number of nitrogens with two attached hydrogens (primary N) is 1. The predicted octanol–water partition coefficient (Wildman–Crippen LogP) is 1.24. The number of benzene rings is 2. The third kappa shape index (κ3) is 15.6. The minimum atomic E-state index is -1.91. The number of aliphatic carboxylic acids is 2. The van der Waals surface area contributed by atoms with Gasteiger partial charge in [-0.25, -0.2) is 14.8 Å². The Morgan fingerprint density at radius 2 is 1.51 bits per heavy atom. The Labute approximate surface area is 414 Å². The molecule has 6 rings (SSSR count). The van der Waals surface area contributed by atoms with Gasteiger partial charge in [0.25, 0.3) is 0 Å². The van der Waals surface area contributed by atoms with Gasteiger partial charge in [0.2, 0.25) is 29.5 Å². The molecule has 72 heavy (non-hydrogen) atoms. The molecule has 5 amide bonds. The predicted molar refractivity (Wildman–Crippen MR) is 257 cm³/mol. The fourth-order valence-electron chi connectivity index (χ4n) is 8.08. The fraction of sp³-hybridized carbons (Fsp3) is 0.408. The SMILES string of the molecule is CC(=O)NC(CC(=O)O)C(O)NC(CC(N)=O)C(=O)NC(CC(=O)O)C(=O)N(C)CCN(CCCN1CCOCC1)C(=O)Oc1c(Cc2ccco2)nc2c(Cc3ccccc3)nc(-c3ccccc3)cn12. The molecule has 1 fully saturated rings. The highest BCUT2D eigenvalue weighted by atomic mass is 16.6. The Balaban J connectivity index is 1.27. The quantitative estimate of drug-likeness (QED) is 0.0383. The van der Waals surface area contributed by atoms with Gasteiger partial charge in [0.1, 0.15) is 23.7 Å². The second kappa shape index (κ2) is 25.9. The summed E-state index contributed by atoms with van der Waals surface area (Å²) in [7, 11) is 1.35. The Kier molecular flexibility index (Phi) is 19.3. The number of hydrogen-bond acceptors (Lipinski definition) is 15. The van der Waals surface area contributed by atoms with E-state index in [9.17, 15) is 48.9 Å². The van der Waals surface area contributed by atoms with Crippen LogP contribution in [0, 0.1) is 0 Å². The Hall–Kier alpha value is -7.73. The van der Waals surface area contributed by atoms with Gasteiger partial charge in [-0.05, 0) is 24.1 Å². The maximum Gasteiger partial charge on any atom is 0.416 e. The molecular formula is C49H60N10O13. The number of ether oxygens (including phenoxy) is 2. The lowest BCUT2D eigenvalue weighted by Crippen LogP contribution is -2.59. The molecule has 23 nitrogen and oxygen atoms in total. The van der Waals surface area contributed by atoms with Gasteiger partial charge in [-0.1, -0.05) is 60.7 Å². The largest absolute Gasteiger partial charge is 0.481 e. The van der Waals surface area contributed by atoms with E-state index in [2.05, 4.69) is 20.9 Å². The number of furan rings is 1. The van der Waals surface area contributed by atoms with Crippen molar-refractivity contribution in [3.8, 4) is 17.1 Å². The van der Waals surface area contributed by atoms with Crippen LogP contribution in [0.1, 0.15) is 55.3 Å². The van der Waals surface area contributed by atoms with E-state index in [1.54, 1.807) is 22.7 Å². The van der Waals surface area contributed by atoms with E-state index in [1.165, 1.54) is 18.2 Å². The monoisotopic (exact) mass is 996 g/mol. The molecule has 1 aliphatic heterocycles. The van der Waals surface area contributed by atoms with Crippen LogP contribution in [-0.2, 0) is 46.3 Å². The standard InChI is InChI=1S/C49H60N10O13/c1-31(60)51-37(28-42(62)63)46(67)54-36(27-41(50)61)45(66)55-38(29-43(64)65)47(68)56(2)18-19-58(17-10-16-57-20-23-70-24-21-57)49(69)72-48-39(26-34-15-9-22-71-34)53-44-35(25-32-11-5-3-6-12-32)52-40(30-59(44)48)33-13-7-4-8-14-33/h3-9,11-15,22,30,36-38,46,54,67H,10,16-21,23-29H2,1-2H3,(H2,50,61)(H,51,60)(H,55,66)(H,62,63)(H,64,65). The van der Waals surface area contributed by atoms with Gasteiger partial charge in [0, 0.05) is 71.4 Å². The highest BCUT2D eigenvalue weighted by Crippen LogP contribution is 2.30. The molecule has 1 aliphatic rings. The molecule has 2 aromatic carbocycles. The number of hydrogen-bond donors (Lipinski definition) is 7. The van der Waals surface area contributed by atoms with E-state index < -0.39 is 85.3 Å². The summed E-state index contributed by atoms with van der Waals surface area (Å²) < 4.78 is 19.3. The van der Waals surface area contributed by atoms with Crippen LogP contribution in [0.25, 0.3) is 16.9 Å². The first kappa shape index (κ1) is 53.6. The Morgan fingerprint density at radius 1 is 0.819 bits per heavy atom. The minimum absolute atomic E-state index is 0.114. The molecule has 4 atom stereocenters. The molecule has 5 aromatic rings. The zero-order chi connectivity index (χ0) is 51.7. The van der Waals surface area contributed by atoms with Gasteiger partial charge in [-0.15, -0.1) is 0 Å². The number of aliphatic hydroxyl groups is 1. The van der Waals surface area contributed by atoms with Crippen LogP contribution < -0.4 is 26.4 Å². The first-order valence-electron chi connectivity index (χ1n) is 23.3. The summed E-state index contributed by atoms with van der Waals surface area (Å²) in [6, 6.07) is 17.9. The van der Waals surface area contributed by atoms with Crippen molar-refractivity contribution >= 4 is 47.3 Å². The number of nitrogens with one attached hydrogen (secondary N) is 3. The number of imidazole rings is 1. The zero-order valence-electron chi connectivity index (χ0n) is 40.0. The van der Waals surface area contributed by atoms with Gasteiger partial charge < -0.3 is 55.4 Å². The molecule has 0 bridgehead atoms. The first-order valence-corrected chi connectivity index (χ1v) is 23.3. The van der Waals surface area contributed by atoms with Gasteiger partial charge in [0.15, 0.2) is 5.65 Å². The molecule has 384 valence electrons. The van der Waals surface area contributed by atoms with E-state index in [-0.39, 0.29) is 31.9 Å². The normalized spacial score (nSPS) is 14.4. The number of carbonyl (C=O) groups is 7. The number of likely N-dealkylation sites (N-methyl/N-ethyl adjacent to an activating group) is 1. The molecule has 4 heterocycles. The van der Waals surface area contributed by atoms with E-state index in [0.717, 1.165) is 23.0 Å². The summed E-state index contributed by atoms with van der Waals surface area (Å²) in [5.41, 5.74) is 9.22. The number of nitrogens with zero attached hydrogens (tertiary/aromatic N) is 6. The average Bonchev–Trinajstić information content (AvgIpc) is 3.99. The van der Waals surface area contributed by atoms with Crippen molar-refractivity contribution in [2.45, 2.75) is 69.8 Å². The minimum Gasteiger partial charge on any atom is -0.481 e. The Bertz CT molecular complexity index is 2630. The summed E-state index contributed by atoms with van der Waals surface area (Å²) in [5.74, 6) is -5.98. The van der Waals surface area contributed by atoms with Crippen LogP contribution in [0.4, 0.5) is 4.79 Å². The number of rotatable bonds is 26. The van der Waals surface area contributed by atoms with Crippen molar-refractivity contribution in [3.05, 3.63) is 108 Å². The number of carboxylic acids is 2. The summed E-state index contributed by atoms with van der Waals surface area (Å²) >= 11 is 0. The summed E-state index contributed by atoms with van der Waals surface area (Å²) in [6.45, 7) is 4.08. The van der Waals surface area contributed by atoms with Crippen LogP contribution in [0.5, 0.6) is 5.88 Å². The van der Waals surface area contributed by atoms with E-state index >= 15 is 0 Å². The number of carboxylic acid groups (broad SMARTS) is 2. The number of amides is 5. The van der Waals surface area contributed by atoms with Crippen molar-refractivity contribution in [1.82, 2.24) is 45.0 Å². The lowest BCUT2D eigenvalue weighted by Gasteiger charge is -2.30. The summed E-state index contributed by atoms with van der Waals surface area (Å²) in [4.78, 5) is 104. The number of carbonyl (C=O) groups excluding carboxylic acids is 5. The maximum atomic E-state index is 14.7. The molecule has 3 aromatic heterocycles. The molecule has 0 aliphatic carbocycles. The van der Waals surface area contributed by atoms with Crippen LogP contribution in [0.15, 0.2) is 89.7 Å². The van der Waals surface area contributed by atoms with E-state index in [0.29, 0.717) is 74.2 Å². The van der Waals surface area contributed by atoms with Gasteiger partial charge in [-0.3, -0.25) is 43.4 Å². The van der Waals surface area contributed by atoms with Gasteiger partial charge in [0.05, 0.1) is 68.6 Å². The summed E-state index contributed by atoms with van der Waals surface area (Å²) in [5, 5.41) is 36.8. The van der Waals surface area contributed by atoms with Crippen LogP contribution in [-0.4, -0.2) is 170 Å². The fourth-order valence-corrected chi connectivity index (χ4v) is 8.08. The number of primary amides is 1. The molecule has 0 radical (unpaired) electrons. The number of aromatic nitrogens is 3. The van der Waals surface area contributed by atoms with Gasteiger partial charge in [-0.2, -0.15) is 0 Å². The van der Waals surface area contributed by atoms with Crippen molar-refractivity contribution < 1.29 is 62.8 Å². The highest BCUT2D eigenvalue weighted by Gasteiger charge is 2.34. The lowest BCUT2D eigenvalue weighted by atomic mass is 10.1. The second-order valence-corrected chi connectivity index (χ2v) is 17.2. The molecule has 23 heteroatoms. The molecule has 4 unspecified atom stereocenters.